The zero-order chi connectivity index (χ0) is 14.5. The van der Waals surface area contributed by atoms with Gasteiger partial charge in [0.2, 0.25) is 5.91 Å². The predicted molar refractivity (Wildman–Crippen MR) is 71.3 cm³/mol. The maximum atomic E-state index is 12.3. The van der Waals surface area contributed by atoms with Gasteiger partial charge in [0.1, 0.15) is 0 Å². The molecule has 114 valence electrons. The largest absolute Gasteiger partial charge is 0.481 e. The molecule has 1 saturated carbocycles. The second-order valence-corrected chi connectivity index (χ2v) is 5.52. The Hall–Kier alpha value is -1.14. The van der Waals surface area contributed by atoms with Crippen LogP contribution in [0.5, 0.6) is 0 Å². The van der Waals surface area contributed by atoms with E-state index in [-0.39, 0.29) is 17.9 Å². The lowest BCUT2D eigenvalue weighted by Gasteiger charge is -2.39. The number of hydrogen-bond donors (Lipinski definition) is 1. The van der Waals surface area contributed by atoms with Crippen LogP contribution in [0.4, 0.5) is 0 Å². The average Bonchev–Trinajstić information content (AvgIpc) is 2.37. The maximum Gasteiger partial charge on any atom is 0.307 e. The number of methoxy groups -OCH3 is 1. The Morgan fingerprint density at radius 2 is 1.75 bits per heavy atom. The Morgan fingerprint density at radius 3 is 2.25 bits per heavy atom. The van der Waals surface area contributed by atoms with Gasteiger partial charge >= 0.3 is 5.97 Å². The number of piperidine rings is 1. The van der Waals surface area contributed by atoms with Crippen molar-refractivity contribution in [2.24, 2.45) is 11.8 Å². The number of carbonyl (C=O) groups is 2. The van der Waals surface area contributed by atoms with Crippen LogP contribution < -0.4 is 0 Å². The summed E-state index contributed by atoms with van der Waals surface area (Å²) in [5.74, 6) is -1.61. The lowest BCUT2D eigenvalue weighted by Crippen LogP contribution is -2.49. The second kappa shape index (κ2) is 7.04. The molecule has 0 bridgehead atoms. The molecule has 1 aliphatic carbocycles. The summed E-state index contributed by atoms with van der Waals surface area (Å²) < 4.78 is 10.6. The minimum atomic E-state index is -0.840. The number of nitrogens with zero attached hydrogens (tertiary/aromatic N) is 1. The minimum absolute atomic E-state index is 0.0130. The van der Waals surface area contributed by atoms with Gasteiger partial charge in [0.25, 0.3) is 0 Å². The first kappa shape index (κ1) is 15.3. The van der Waals surface area contributed by atoms with Crippen LogP contribution in [0.25, 0.3) is 0 Å². The van der Waals surface area contributed by atoms with E-state index in [0.29, 0.717) is 39.1 Å². The normalized spacial score (nSPS) is 27.1. The molecular weight excluding hydrogens is 262 g/mol. The van der Waals surface area contributed by atoms with Crippen molar-refractivity contribution in [3.63, 3.8) is 0 Å². The molecule has 2 aliphatic rings. The summed E-state index contributed by atoms with van der Waals surface area (Å²) in [5, 5.41) is 9.01. The summed E-state index contributed by atoms with van der Waals surface area (Å²) in [6.07, 6.45) is 3.16. The van der Waals surface area contributed by atoms with Crippen molar-refractivity contribution in [2.45, 2.75) is 31.8 Å². The zero-order valence-corrected chi connectivity index (χ0v) is 11.9. The van der Waals surface area contributed by atoms with Gasteiger partial charge < -0.3 is 19.5 Å². The molecule has 1 amide bonds. The van der Waals surface area contributed by atoms with Gasteiger partial charge in [-0.05, 0) is 25.7 Å². The summed E-state index contributed by atoms with van der Waals surface area (Å²) in [7, 11) is 1.64. The van der Waals surface area contributed by atoms with E-state index < -0.39 is 11.9 Å². The van der Waals surface area contributed by atoms with E-state index in [1.165, 1.54) is 0 Å². The highest BCUT2D eigenvalue weighted by Gasteiger charge is 2.43. The van der Waals surface area contributed by atoms with Gasteiger partial charge in [0.15, 0.2) is 0 Å². The zero-order valence-electron chi connectivity index (χ0n) is 11.9. The molecule has 0 radical (unpaired) electrons. The van der Waals surface area contributed by atoms with Crippen molar-refractivity contribution >= 4 is 11.9 Å². The van der Waals surface area contributed by atoms with E-state index in [1.807, 2.05) is 0 Å². The molecule has 0 aromatic heterocycles. The van der Waals surface area contributed by atoms with Crippen molar-refractivity contribution in [1.82, 2.24) is 4.90 Å². The predicted octanol–water partition coefficient (Wildman–Crippen LogP) is 0.751. The molecule has 1 aliphatic heterocycles. The third kappa shape index (κ3) is 3.49. The van der Waals surface area contributed by atoms with Crippen molar-refractivity contribution in [3.8, 4) is 0 Å². The number of likely N-dealkylation sites (tertiary alicyclic amines) is 1. The van der Waals surface area contributed by atoms with Crippen molar-refractivity contribution in [1.29, 1.82) is 0 Å². The van der Waals surface area contributed by atoms with E-state index in [0.717, 1.165) is 12.8 Å². The molecule has 6 heteroatoms. The Balaban J connectivity index is 1.73. The first-order valence-corrected chi connectivity index (χ1v) is 7.25. The van der Waals surface area contributed by atoms with Gasteiger partial charge in [-0.15, -0.1) is 0 Å². The van der Waals surface area contributed by atoms with Gasteiger partial charge in [-0.1, -0.05) is 0 Å². The van der Waals surface area contributed by atoms with Gasteiger partial charge in [-0.2, -0.15) is 0 Å². The van der Waals surface area contributed by atoms with E-state index in [4.69, 9.17) is 14.6 Å². The molecule has 2 fully saturated rings. The van der Waals surface area contributed by atoms with Crippen LogP contribution in [0.3, 0.4) is 0 Å². The maximum absolute atomic E-state index is 12.3. The summed E-state index contributed by atoms with van der Waals surface area (Å²) in [6, 6.07) is 0. The molecule has 1 N–H and O–H groups in total. The SMILES string of the molecule is COCCOC1CCN(C(=O)C2CCC2C(=O)O)CC1. The van der Waals surface area contributed by atoms with Crippen LogP contribution in [-0.4, -0.2) is 61.4 Å². The molecule has 2 rings (SSSR count). The van der Waals surface area contributed by atoms with E-state index in [2.05, 4.69) is 0 Å². The van der Waals surface area contributed by atoms with E-state index in [1.54, 1.807) is 12.0 Å². The molecule has 1 saturated heterocycles. The van der Waals surface area contributed by atoms with Crippen LogP contribution in [0.15, 0.2) is 0 Å². The first-order valence-electron chi connectivity index (χ1n) is 7.25. The fourth-order valence-electron chi connectivity index (χ4n) is 2.87. The molecule has 0 spiro atoms. The molecule has 20 heavy (non-hydrogen) atoms. The summed E-state index contributed by atoms with van der Waals surface area (Å²) in [4.78, 5) is 25.0. The average molecular weight is 285 g/mol. The fraction of sp³-hybridized carbons (Fsp3) is 0.857. The van der Waals surface area contributed by atoms with E-state index in [9.17, 15) is 9.59 Å². The highest BCUT2D eigenvalue weighted by atomic mass is 16.5. The van der Waals surface area contributed by atoms with Crippen molar-refractivity contribution < 1.29 is 24.2 Å². The van der Waals surface area contributed by atoms with Crippen molar-refractivity contribution in [2.75, 3.05) is 33.4 Å². The number of hydrogen-bond acceptors (Lipinski definition) is 4. The lowest BCUT2D eigenvalue weighted by molar-refractivity contribution is -0.157. The Morgan fingerprint density at radius 1 is 1.10 bits per heavy atom. The van der Waals surface area contributed by atoms with Crippen LogP contribution >= 0.6 is 0 Å². The summed E-state index contributed by atoms with van der Waals surface area (Å²) in [5.41, 5.74) is 0. The third-order valence-corrected chi connectivity index (χ3v) is 4.30. The molecule has 0 aromatic carbocycles. The molecule has 1 heterocycles. The van der Waals surface area contributed by atoms with Gasteiger partial charge in [-0.25, -0.2) is 0 Å². The van der Waals surface area contributed by atoms with Gasteiger partial charge in [0.05, 0.1) is 31.2 Å². The number of carboxylic acids is 1. The molecule has 6 nitrogen and oxygen atoms in total. The number of rotatable bonds is 6. The number of carboxylic acid groups (broad SMARTS) is 1. The lowest BCUT2D eigenvalue weighted by atomic mass is 9.72. The van der Waals surface area contributed by atoms with E-state index >= 15 is 0 Å². The number of carbonyl (C=O) groups excluding carboxylic acids is 1. The fourth-order valence-corrected chi connectivity index (χ4v) is 2.87. The topological polar surface area (TPSA) is 76.1 Å². The minimum Gasteiger partial charge on any atom is -0.481 e. The Bertz CT molecular complexity index is 351. The Labute approximate surface area is 119 Å². The molecule has 2 unspecified atom stereocenters. The van der Waals surface area contributed by atoms with Gasteiger partial charge in [0, 0.05) is 20.2 Å². The van der Waals surface area contributed by atoms with Crippen LogP contribution in [0.2, 0.25) is 0 Å². The van der Waals surface area contributed by atoms with Crippen LogP contribution in [0, 0.1) is 11.8 Å². The second-order valence-electron chi connectivity index (χ2n) is 5.52. The summed E-state index contributed by atoms with van der Waals surface area (Å²) >= 11 is 0. The Kier molecular flexibility index (Phi) is 5.37. The van der Waals surface area contributed by atoms with Crippen molar-refractivity contribution in [3.05, 3.63) is 0 Å². The highest BCUT2D eigenvalue weighted by Crippen LogP contribution is 2.36. The first-order chi connectivity index (χ1) is 9.63. The highest BCUT2D eigenvalue weighted by molar-refractivity contribution is 5.86. The summed E-state index contributed by atoms with van der Waals surface area (Å²) in [6.45, 7) is 2.50. The quantitative estimate of drug-likeness (QED) is 0.729. The number of ether oxygens (including phenoxy) is 2. The monoisotopic (exact) mass is 285 g/mol. The van der Waals surface area contributed by atoms with Gasteiger partial charge in [-0.3, -0.25) is 9.59 Å². The molecule has 2 atom stereocenters. The third-order valence-electron chi connectivity index (χ3n) is 4.30. The molecule has 0 aromatic rings. The van der Waals surface area contributed by atoms with Crippen LogP contribution in [0.1, 0.15) is 25.7 Å². The number of amides is 1. The molecular formula is C14H23NO5. The standard InChI is InChI=1S/C14H23NO5/c1-19-8-9-20-10-4-6-15(7-5-10)13(16)11-2-3-12(11)14(17)18/h10-12H,2-9H2,1H3,(H,17,18). The van der Waals surface area contributed by atoms with Crippen LogP contribution in [-0.2, 0) is 19.1 Å². The smallest absolute Gasteiger partial charge is 0.307 e. The number of aliphatic carboxylic acids is 1.